The molecule has 0 aliphatic carbocycles. The monoisotopic (exact) mass is 375 g/mol. The number of halogens is 1. The van der Waals surface area contributed by atoms with Crippen LogP contribution < -0.4 is 0 Å². The number of nitrogens with zero attached hydrogens (tertiary/aromatic N) is 5. The van der Waals surface area contributed by atoms with Crippen molar-refractivity contribution < 1.29 is 14.3 Å². The van der Waals surface area contributed by atoms with Gasteiger partial charge >= 0.3 is 0 Å². The highest BCUT2D eigenvalue weighted by Gasteiger charge is 2.32. The SMILES string of the molecule is CN(C)[C@@H](C(=O)N1CCC(c2nnc(CO)n2C)CC1)c1ccc(F)cc1. The maximum Gasteiger partial charge on any atom is 0.244 e. The lowest BCUT2D eigenvalue weighted by Crippen LogP contribution is -2.44. The molecule has 3 rings (SSSR count). The third kappa shape index (κ3) is 4.01. The number of piperidine rings is 1. The van der Waals surface area contributed by atoms with Gasteiger partial charge in [0, 0.05) is 26.1 Å². The zero-order valence-electron chi connectivity index (χ0n) is 16.0. The van der Waals surface area contributed by atoms with Crippen LogP contribution in [0.15, 0.2) is 24.3 Å². The van der Waals surface area contributed by atoms with Crippen molar-refractivity contribution in [3.05, 3.63) is 47.3 Å². The number of rotatable bonds is 5. The van der Waals surface area contributed by atoms with Crippen molar-refractivity contribution in [1.29, 1.82) is 0 Å². The molecule has 1 amide bonds. The van der Waals surface area contributed by atoms with Crippen LogP contribution in [-0.2, 0) is 18.4 Å². The van der Waals surface area contributed by atoms with E-state index in [0.717, 1.165) is 24.2 Å². The van der Waals surface area contributed by atoms with Gasteiger partial charge in [0.25, 0.3) is 0 Å². The van der Waals surface area contributed by atoms with Crippen LogP contribution in [0.1, 0.15) is 42.0 Å². The van der Waals surface area contributed by atoms with Crippen LogP contribution in [0.4, 0.5) is 4.39 Å². The Hall–Kier alpha value is -2.32. The molecule has 0 bridgehead atoms. The number of amides is 1. The van der Waals surface area contributed by atoms with E-state index < -0.39 is 6.04 Å². The number of aliphatic hydroxyl groups is 1. The highest BCUT2D eigenvalue weighted by Crippen LogP contribution is 2.29. The van der Waals surface area contributed by atoms with Crippen LogP contribution in [-0.4, -0.2) is 62.8 Å². The molecule has 8 heteroatoms. The summed E-state index contributed by atoms with van der Waals surface area (Å²) in [6, 6.07) is 5.68. The van der Waals surface area contributed by atoms with Crippen LogP contribution in [0.3, 0.4) is 0 Å². The van der Waals surface area contributed by atoms with Gasteiger partial charge in [0.05, 0.1) is 0 Å². The zero-order chi connectivity index (χ0) is 19.6. The highest BCUT2D eigenvalue weighted by atomic mass is 19.1. The summed E-state index contributed by atoms with van der Waals surface area (Å²) in [6.07, 6.45) is 1.60. The number of carbonyl (C=O) groups excluding carboxylic acids is 1. The van der Waals surface area contributed by atoms with Crippen molar-refractivity contribution >= 4 is 5.91 Å². The minimum Gasteiger partial charge on any atom is -0.388 e. The van der Waals surface area contributed by atoms with Crippen molar-refractivity contribution in [2.24, 2.45) is 7.05 Å². The van der Waals surface area contributed by atoms with Gasteiger partial charge in [0.2, 0.25) is 5.91 Å². The average Bonchev–Trinajstić information content (AvgIpc) is 3.04. The molecular weight excluding hydrogens is 349 g/mol. The van der Waals surface area contributed by atoms with E-state index in [1.807, 2.05) is 35.5 Å². The van der Waals surface area contributed by atoms with E-state index in [-0.39, 0.29) is 24.2 Å². The molecule has 2 aromatic rings. The normalized spacial score (nSPS) is 16.7. The average molecular weight is 375 g/mol. The molecule has 7 nitrogen and oxygen atoms in total. The second-order valence-electron chi connectivity index (χ2n) is 7.21. The zero-order valence-corrected chi connectivity index (χ0v) is 16.0. The highest BCUT2D eigenvalue weighted by molar-refractivity contribution is 5.83. The third-order valence-corrected chi connectivity index (χ3v) is 5.25. The maximum atomic E-state index is 13.2. The second kappa shape index (κ2) is 8.14. The van der Waals surface area contributed by atoms with Crippen molar-refractivity contribution in [3.63, 3.8) is 0 Å². The van der Waals surface area contributed by atoms with Gasteiger partial charge < -0.3 is 14.6 Å². The van der Waals surface area contributed by atoms with Gasteiger partial charge in [-0.15, -0.1) is 10.2 Å². The van der Waals surface area contributed by atoms with Crippen LogP contribution in [0, 0.1) is 5.82 Å². The fourth-order valence-corrected chi connectivity index (χ4v) is 3.71. The van der Waals surface area contributed by atoms with Gasteiger partial charge in [0.15, 0.2) is 5.82 Å². The Morgan fingerprint density at radius 1 is 1.26 bits per heavy atom. The predicted molar refractivity (Wildman–Crippen MR) is 98.3 cm³/mol. The Morgan fingerprint density at radius 3 is 2.41 bits per heavy atom. The van der Waals surface area contributed by atoms with Crippen molar-refractivity contribution in [1.82, 2.24) is 24.6 Å². The maximum absolute atomic E-state index is 13.2. The third-order valence-electron chi connectivity index (χ3n) is 5.25. The Labute approximate surface area is 158 Å². The summed E-state index contributed by atoms with van der Waals surface area (Å²) in [5, 5.41) is 17.5. The van der Waals surface area contributed by atoms with E-state index in [0.29, 0.717) is 18.9 Å². The van der Waals surface area contributed by atoms with Gasteiger partial charge in [0.1, 0.15) is 24.3 Å². The lowest BCUT2D eigenvalue weighted by Gasteiger charge is -2.35. The first-order chi connectivity index (χ1) is 12.9. The molecule has 1 aromatic heterocycles. The van der Waals surface area contributed by atoms with Crippen molar-refractivity contribution in [2.45, 2.75) is 31.4 Å². The summed E-state index contributed by atoms with van der Waals surface area (Å²) < 4.78 is 15.1. The number of hydrogen-bond acceptors (Lipinski definition) is 5. The van der Waals surface area contributed by atoms with E-state index >= 15 is 0 Å². The summed E-state index contributed by atoms with van der Waals surface area (Å²) in [5.41, 5.74) is 0.786. The largest absolute Gasteiger partial charge is 0.388 e. The summed E-state index contributed by atoms with van der Waals surface area (Å²) in [5.74, 6) is 1.34. The molecule has 0 spiro atoms. The van der Waals surface area contributed by atoms with Gasteiger partial charge in [-0.05, 0) is 44.6 Å². The fraction of sp³-hybridized carbons (Fsp3) is 0.526. The molecule has 2 heterocycles. The first kappa shape index (κ1) is 19.4. The molecule has 1 aliphatic rings. The summed E-state index contributed by atoms with van der Waals surface area (Å²) in [4.78, 5) is 16.8. The molecule has 0 unspecified atom stereocenters. The molecule has 0 radical (unpaired) electrons. The van der Waals surface area contributed by atoms with Gasteiger partial charge in [-0.2, -0.15) is 0 Å². The van der Waals surface area contributed by atoms with E-state index in [2.05, 4.69) is 10.2 Å². The number of aliphatic hydroxyl groups excluding tert-OH is 1. The Kier molecular flexibility index (Phi) is 5.86. The number of likely N-dealkylation sites (N-methyl/N-ethyl adjacent to an activating group) is 1. The summed E-state index contributed by atoms with van der Waals surface area (Å²) >= 11 is 0. The first-order valence-electron chi connectivity index (χ1n) is 9.12. The number of carbonyl (C=O) groups is 1. The number of aromatic nitrogens is 3. The molecule has 1 fully saturated rings. The van der Waals surface area contributed by atoms with E-state index in [1.165, 1.54) is 12.1 Å². The van der Waals surface area contributed by atoms with Crippen LogP contribution in [0.2, 0.25) is 0 Å². The minimum absolute atomic E-state index is 0.0269. The molecule has 1 saturated heterocycles. The lowest BCUT2D eigenvalue weighted by molar-refractivity contribution is -0.137. The molecule has 0 saturated carbocycles. The van der Waals surface area contributed by atoms with Crippen molar-refractivity contribution in [2.75, 3.05) is 27.2 Å². The van der Waals surface area contributed by atoms with Crippen LogP contribution >= 0.6 is 0 Å². The molecule has 1 atom stereocenters. The van der Waals surface area contributed by atoms with E-state index in [1.54, 1.807) is 12.1 Å². The molecule has 146 valence electrons. The number of hydrogen-bond donors (Lipinski definition) is 1. The summed E-state index contributed by atoms with van der Waals surface area (Å²) in [6.45, 7) is 1.13. The lowest BCUT2D eigenvalue weighted by atomic mass is 9.94. The fourth-order valence-electron chi connectivity index (χ4n) is 3.71. The minimum atomic E-state index is -0.432. The van der Waals surface area contributed by atoms with Crippen molar-refractivity contribution in [3.8, 4) is 0 Å². The standard InChI is InChI=1S/C19H26FN5O2/c1-23(2)17(13-4-6-15(20)7-5-13)19(27)25-10-8-14(9-11-25)18-22-21-16(12-26)24(18)3/h4-7,14,17,26H,8-12H2,1-3H3/t17-/m1/s1. The van der Waals surface area contributed by atoms with E-state index in [9.17, 15) is 14.3 Å². The quantitative estimate of drug-likeness (QED) is 0.856. The molecular formula is C19H26FN5O2. The second-order valence-corrected chi connectivity index (χ2v) is 7.21. The summed E-state index contributed by atoms with van der Waals surface area (Å²) in [7, 11) is 5.57. The first-order valence-corrected chi connectivity index (χ1v) is 9.12. The number of likely N-dealkylation sites (tertiary alicyclic amines) is 1. The molecule has 1 N–H and O–H groups in total. The molecule has 1 aliphatic heterocycles. The van der Waals surface area contributed by atoms with Crippen LogP contribution in [0.25, 0.3) is 0 Å². The molecule has 1 aromatic carbocycles. The number of benzene rings is 1. The van der Waals surface area contributed by atoms with Crippen LogP contribution in [0.5, 0.6) is 0 Å². The Bertz CT molecular complexity index is 782. The Balaban J connectivity index is 1.69. The van der Waals surface area contributed by atoms with Gasteiger partial charge in [-0.1, -0.05) is 12.1 Å². The Morgan fingerprint density at radius 2 is 1.89 bits per heavy atom. The van der Waals surface area contributed by atoms with E-state index in [4.69, 9.17) is 0 Å². The smallest absolute Gasteiger partial charge is 0.244 e. The topological polar surface area (TPSA) is 74.5 Å². The predicted octanol–water partition coefficient (Wildman–Crippen LogP) is 1.46. The van der Waals surface area contributed by atoms with Gasteiger partial charge in [-0.25, -0.2) is 4.39 Å². The molecule has 27 heavy (non-hydrogen) atoms. The van der Waals surface area contributed by atoms with Gasteiger partial charge in [-0.3, -0.25) is 9.69 Å².